The van der Waals surface area contributed by atoms with Crippen LogP contribution in [0.5, 0.6) is 0 Å². The molecule has 1 aliphatic carbocycles. The third kappa shape index (κ3) is 5.54. The number of nitrogens with one attached hydrogen (secondary N) is 3. The van der Waals surface area contributed by atoms with Gasteiger partial charge in [0, 0.05) is 48.7 Å². The molecule has 0 radical (unpaired) electrons. The Balaban J connectivity index is 1.32. The number of fused-ring (bicyclic) bond motifs is 2. The van der Waals surface area contributed by atoms with E-state index in [0.717, 1.165) is 51.7 Å². The van der Waals surface area contributed by atoms with Gasteiger partial charge in [0.2, 0.25) is 11.8 Å². The molecule has 3 fully saturated rings. The van der Waals surface area contributed by atoms with Crippen LogP contribution in [0.15, 0.2) is 54.7 Å². The van der Waals surface area contributed by atoms with Gasteiger partial charge in [-0.05, 0) is 68.8 Å². The molecule has 2 saturated heterocycles. The molecular weight excluding hydrogens is 510 g/mol. The summed E-state index contributed by atoms with van der Waals surface area (Å²) in [5.74, 6) is 0.422. The molecule has 7 heteroatoms. The second-order valence-corrected chi connectivity index (χ2v) is 12.5. The van der Waals surface area contributed by atoms with E-state index >= 15 is 0 Å². The summed E-state index contributed by atoms with van der Waals surface area (Å²) in [6.45, 7) is 6.41. The fourth-order valence-corrected chi connectivity index (χ4v) is 7.56. The highest BCUT2D eigenvalue weighted by atomic mass is 16.2. The summed E-state index contributed by atoms with van der Waals surface area (Å²) >= 11 is 0. The summed E-state index contributed by atoms with van der Waals surface area (Å²) in [5.41, 5.74) is 5.09. The van der Waals surface area contributed by atoms with E-state index < -0.39 is 6.04 Å². The smallest absolute Gasteiger partial charge is 0.245 e. The minimum absolute atomic E-state index is 0.0873. The number of carbonyl (C=O) groups excluding carboxylic acids is 2. The third-order valence-corrected chi connectivity index (χ3v) is 9.92. The largest absolute Gasteiger partial charge is 0.343 e. The van der Waals surface area contributed by atoms with Crippen molar-refractivity contribution < 1.29 is 9.59 Å². The molecule has 3 aromatic rings. The standard InChI is InChI=1S/C34H45N5O2/c1-22-14-15-26-28(21-38(30(26)18-22)20-24-10-6-4-7-11-24)27-19-36-29-16-17-39(32(27)29)34(41)31(25-12-8-5-9-13-25)37-33(40)23(2)35-3/h4,6-7,10-11,14-15,18,21,23,25,27,29,31-32,35-36H,5,8-9,12-13,16-17,19-20H2,1-3H3,(H,37,40)/t23-,27+,29+,31-,32+/m0/s1. The Morgan fingerprint density at radius 1 is 1.05 bits per heavy atom. The maximum Gasteiger partial charge on any atom is 0.245 e. The summed E-state index contributed by atoms with van der Waals surface area (Å²) in [4.78, 5) is 29.6. The molecular formula is C34H45N5O2. The molecule has 5 atom stereocenters. The number of likely N-dealkylation sites (tertiary alicyclic amines) is 1. The number of benzene rings is 2. The molecule has 1 aromatic heterocycles. The van der Waals surface area contributed by atoms with Crippen molar-refractivity contribution in [3.63, 3.8) is 0 Å². The van der Waals surface area contributed by atoms with Crippen LogP contribution in [0.25, 0.3) is 10.9 Å². The molecule has 0 spiro atoms. The Morgan fingerprint density at radius 3 is 2.59 bits per heavy atom. The first-order valence-electron chi connectivity index (χ1n) is 15.6. The van der Waals surface area contributed by atoms with Crippen molar-refractivity contribution in [3.8, 4) is 0 Å². The van der Waals surface area contributed by atoms with Crippen molar-refractivity contribution >= 4 is 22.7 Å². The average molecular weight is 556 g/mol. The van der Waals surface area contributed by atoms with Crippen molar-refractivity contribution in [2.24, 2.45) is 5.92 Å². The fraction of sp³-hybridized carbons (Fsp3) is 0.529. The summed E-state index contributed by atoms with van der Waals surface area (Å²) in [6.07, 6.45) is 8.76. The van der Waals surface area contributed by atoms with Gasteiger partial charge in [-0.2, -0.15) is 0 Å². The number of rotatable bonds is 8. The molecule has 0 unspecified atom stereocenters. The van der Waals surface area contributed by atoms with Crippen LogP contribution in [0.2, 0.25) is 0 Å². The maximum atomic E-state index is 14.4. The molecule has 1 saturated carbocycles. The number of likely N-dealkylation sites (N-methyl/N-ethyl adjacent to an activating group) is 1. The lowest BCUT2D eigenvalue weighted by molar-refractivity contribution is -0.139. The zero-order valence-corrected chi connectivity index (χ0v) is 24.7. The topological polar surface area (TPSA) is 78.4 Å². The van der Waals surface area contributed by atoms with Gasteiger partial charge < -0.3 is 25.4 Å². The van der Waals surface area contributed by atoms with E-state index in [1.165, 1.54) is 34.0 Å². The van der Waals surface area contributed by atoms with E-state index in [-0.39, 0.29) is 41.8 Å². The minimum Gasteiger partial charge on any atom is -0.343 e. The molecule has 3 N–H and O–H groups in total. The van der Waals surface area contributed by atoms with E-state index in [2.05, 4.69) is 87.1 Å². The number of carbonyl (C=O) groups is 2. The van der Waals surface area contributed by atoms with Gasteiger partial charge in [0.1, 0.15) is 6.04 Å². The molecule has 2 amide bonds. The number of aromatic nitrogens is 1. The highest BCUT2D eigenvalue weighted by molar-refractivity contribution is 5.91. The van der Waals surface area contributed by atoms with Crippen LogP contribution in [0, 0.1) is 12.8 Å². The molecule has 41 heavy (non-hydrogen) atoms. The number of aryl methyl sites for hydroxylation is 1. The van der Waals surface area contributed by atoms with Gasteiger partial charge in [-0.15, -0.1) is 0 Å². The van der Waals surface area contributed by atoms with Gasteiger partial charge in [-0.25, -0.2) is 0 Å². The van der Waals surface area contributed by atoms with Gasteiger partial charge in [0.15, 0.2) is 0 Å². The lowest BCUT2D eigenvalue weighted by atomic mass is 9.82. The number of amides is 2. The first kappa shape index (κ1) is 28.0. The molecule has 2 aromatic carbocycles. The van der Waals surface area contributed by atoms with Crippen molar-refractivity contribution in [1.29, 1.82) is 0 Å². The Bertz CT molecular complexity index is 1380. The van der Waals surface area contributed by atoms with Gasteiger partial charge in [-0.3, -0.25) is 9.59 Å². The SMILES string of the molecule is CN[C@@H](C)C(=O)N[C@H](C(=O)N1CC[C@H]2NC[C@H](c3cn(Cc4ccccc4)c4cc(C)ccc34)[C@H]21)C1CCCCC1. The second kappa shape index (κ2) is 12.0. The number of hydrogen-bond acceptors (Lipinski definition) is 4. The van der Waals surface area contributed by atoms with Crippen molar-refractivity contribution in [1.82, 2.24) is 25.4 Å². The number of hydrogen-bond donors (Lipinski definition) is 3. The van der Waals surface area contributed by atoms with Crippen LogP contribution < -0.4 is 16.0 Å². The van der Waals surface area contributed by atoms with Crippen molar-refractivity contribution in [2.45, 2.75) is 89.0 Å². The Labute approximate surface area is 244 Å². The fourth-order valence-electron chi connectivity index (χ4n) is 7.56. The minimum atomic E-state index is -0.458. The Hall–Kier alpha value is -3.16. The summed E-state index contributed by atoms with van der Waals surface area (Å²) in [6, 6.07) is 16.9. The third-order valence-electron chi connectivity index (χ3n) is 9.92. The van der Waals surface area contributed by atoms with Crippen LogP contribution >= 0.6 is 0 Å². The predicted molar refractivity (Wildman–Crippen MR) is 164 cm³/mol. The summed E-state index contributed by atoms with van der Waals surface area (Å²) in [5, 5.41) is 11.3. The van der Waals surface area contributed by atoms with Gasteiger partial charge in [0.25, 0.3) is 0 Å². The highest BCUT2D eigenvalue weighted by Gasteiger charge is 2.49. The Morgan fingerprint density at radius 2 is 1.83 bits per heavy atom. The molecule has 218 valence electrons. The molecule has 6 rings (SSSR count). The monoisotopic (exact) mass is 555 g/mol. The van der Waals surface area contributed by atoms with Gasteiger partial charge in [0.05, 0.1) is 12.1 Å². The van der Waals surface area contributed by atoms with E-state index in [4.69, 9.17) is 0 Å². The molecule has 7 nitrogen and oxygen atoms in total. The maximum absolute atomic E-state index is 14.4. The van der Waals surface area contributed by atoms with Crippen molar-refractivity contribution in [2.75, 3.05) is 20.1 Å². The zero-order valence-electron chi connectivity index (χ0n) is 24.7. The van der Waals surface area contributed by atoms with E-state index in [1.807, 2.05) is 6.92 Å². The first-order chi connectivity index (χ1) is 19.9. The van der Waals surface area contributed by atoms with E-state index in [0.29, 0.717) is 0 Å². The normalized spacial score (nSPS) is 24.4. The van der Waals surface area contributed by atoms with Crippen LogP contribution in [-0.2, 0) is 16.1 Å². The lowest BCUT2D eigenvalue weighted by Gasteiger charge is -2.36. The van der Waals surface area contributed by atoms with E-state index in [9.17, 15) is 9.59 Å². The van der Waals surface area contributed by atoms with Gasteiger partial charge >= 0.3 is 0 Å². The Kier molecular flexibility index (Phi) is 8.18. The average Bonchev–Trinajstić information content (AvgIpc) is 3.70. The van der Waals surface area contributed by atoms with E-state index in [1.54, 1.807) is 7.05 Å². The summed E-state index contributed by atoms with van der Waals surface area (Å²) < 4.78 is 2.38. The van der Waals surface area contributed by atoms with Crippen LogP contribution in [0.1, 0.15) is 68.1 Å². The van der Waals surface area contributed by atoms with Crippen LogP contribution in [-0.4, -0.2) is 65.6 Å². The van der Waals surface area contributed by atoms with Crippen molar-refractivity contribution in [3.05, 3.63) is 71.4 Å². The lowest BCUT2D eigenvalue weighted by Crippen LogP contribution is -2.57. The highest BCUT2D eigenvalue weighted by Crippen LogP contribution is 2.41. The number of nitrogens with zero attached hydrogens (tertiary/aromatic N) is 2. The molecule has 2 aliphatic heterocycles. The zero-order chi connectivity index (χ0) is 28.5. The quantitative estimate of drug-likeness (QED) is 0.387. The van der Waals surface area contributed by atoms with Crippen LogP contribution in [0.4, 0.5) is 0 Å². The predicted octanol–water partition coefficient (Wildman–Crippen LogP) is 4.33. The van der Waals surface area contributed by atoms with Crippen LogP contribution in [0.3, 0.4) is 0 Å². The van der Waals surface area contributed by atoms with Gasteiger partial charge in [-0.1, -0.05) is 61.7 Å². The molecule has 3 aliphatic rings. The second-order valence-electron chi connectivity index (χ2n) is 12.5. The first-order valence-corrected chi connectivity index (χ1v) is 15.6. The summed E-state index contributed by atoms with van der Waals surface area (Å²) in [7, 11) is 1.79. The molecule has 3 heterocycles. The molecule has 0 bridgehead atoms.